The van der Waals surface area contributed by atoms with Crippen molar-refractivity contribution >= 4 is 24.3 Å². The van der Waals surface area contributed by atoms with Gasteiger partial charge in [-0.2, -0.15) is 0 Å². The maximum atomic E-state index is 11.8. The minimum atomic E-state index is -0.945. The zero-order chi connectivity index (χ0) is 15.4. The first kappa shape index (κ1) is 18.3. The third kappa shape index (κ3) is 4.61. The molecule has 0 radical (unpaired) electrons. The van der Waals surface area contributed by atoms with E-state index in [1.807, 2.05) is 24.3 Å². The largest absolute Gasteiger partial charge is 0.488 e. The van der Waals surface area contributed by atoms with Gasteiger partial charge in [-0.15, -0.1) is 12.4 Å². The zero-order valence-corrected chi connectivity index (χ0v) is 13.4. The van der Waals surface area contributed by atoms with Crippen LogP contribution in [-0.2, 0) is 16.0 Å². The van der Waals surface area contributed by atoms with Crippen LogP contribution in [0.15, 0.2) is 24.3 Å². The van der Waals surface area contributed by atoms with Crippen LogP contribution in [0.3, 0.4) is 0 Å². The van der Waals surface area contributed by atoms with Crippen LogP contribution in [0.1, 0.15) is 12.5 Å². The highest BCUT2D eigenvalue weighted by Gasteiger charge is 2.23. The summed E-state index contributed by atoms with van der Waals surface area (Å²) in [6.45, 7) is 2.02. The van der Waals surface area contributed by atoms with Gasteiger partial charge in [0.05, 0.1) is 13.1 Å². The number of likely N-dealkylation sites (N-methyl/N-ethyl adjacent to an activating group) is 1. The number of fused-ring (bicyclic) bond motifs is 1. The number of benzene rings is 1. The average Bonchev–Trinajstić information content (AvgIpc) is 2.86. The lowest BCUT2D eigenvalue weighted by Gasteiger charge is -2.20. The maximum Gasteiger partial charge on any atom is 0.320 e. The molecule has 22 heavy (non-hydrogen) atoms. The van der Waals surface area contributed by atoms with Crippen LogP contribution in [-0.4, -0.2) is 54.2 Å². The van der Waals surface area contributed by atoms with Gasteiger partial charge >= 0.3 is 5.97 Å². The molecule has 6 nitrogen and oxygen atoms in total. The number of carboxylic acids is 1. The number of rotatable bonds is 6. The highest BCUT2D eigenvalue weighted by atomic mass is 35.5. The molecule has 2 atom stereocenters. The van der Waals surface area contributed by atoms with Gasteiger partial charge in [0.2, 0.25) is 5.91 Å². The van der Waals surface area contributed by atoms with E-state index in [9.17, 15) is 9.59 Å². The number of aliphatic carboxylic acids is 1. The number of carbonyl (C=O) groups is 2. The summed E-state index contributed by atoms with van der Waals surface area (Å²) in [7, 11) is 1.61. The lowest BCUT2D eigenvalue weighted by Crippen LogP contribution is -2.44. The molecule has 0 fully saturated rings. The van der Waals surface area contributed by atoms with E-state index in [0.717, 1.165) is 17.7 Å². The molecule has 0 aliphatic carbocycles. The Labute approximate surface area is 135 Å². The second-order valence-electron chi connectivity index (χ2n) is 5.29. The Balaban J connectivity index is 0.00000242. The summed E-state index contributed by atoms with van der Waals surface area (Å²) in [5, 5.41) is 11.7. The summed E-state index contributed by atoms with van der Waals surface area (Å²) < 4.78 is 5.73. The molecule has 2 rings (SSSR count). The van der Waals surface area contributed by atoms with Crippen LogP contribution < -0.4 is 10.1 Å². The number of para-hydroxylation sites is 1. The summed E-state index contributed by atoms with van der Waals surface area (Å²) in [6, 6.07) is 7.12. The minimum absolute atomic E-state index is 0. The summed E-state index contributed by atoms with van der Waals surface area (Å²) >= 11 is 0. The number of ether oxygens (including phenoxy) is 1. The number of amides is 1. The molecule has 0 aromatic heterocycles. The second kappa shape index (κ2) is 8.00. The van der Waals surface area contributed by atoms with E-state index >= 15 is 0 Å². The van der Waals surface area contributed by atoms with E-state index in [4.69, 9.17) is 9.84 Å². The number of nitrogens with zero attached hydrogens (tertiary/aromatic N) is 1. The zero-order valence-electron chi connectivity index (χ0n) is 12.6. The number of hydrogen-bond donors (Lipinski definition) is 2. The van der Waals surface area contributed by atoms with Gasteiger partial charge in [0, 0.05) is 6.42 Å². The molecule has 1 aromatic rings. The molecular weight excluding hydrogens is 308 g/mol. The first-order valence-corrected chi connectivity index (χ1v) is 6.91. The fourth-order valence-corrected chi connectivity index (χ4v) is 2.20. The average molecular weight is 329 g/mol. The minimum Gasteiger partial charge on any atom is -0.488 e. The fraction of sp³-hybridized carbons (Fsp3) is 0.467. The third-order valence-electron chi connectivity index (χ3n) is 3.65. The Morgan fingerprint density at radius 3 is 2.77 bits per heavy atom. The van der Waals surface area contributed by atoms with Crippen molar-refractivity contribution in [2.75, 3.05) is 20.1 Å². The molecule has 1 aromatic carbocycles. The smallest absolute Gasteiger partial charge is 0.320 e. The standard InChI is InChI=1S/C15H20N2O4.ClH/c1-10(15(19)20)17(2)9-14(18)16-8-12-7-11-5-3-4-6-13(11)21-12;/h3-6,10,12H,7-9H2,1-2H3,(H,16,18)(H,19,20);1H. The molecule has 1 aliphatic heterocycles. The third-order valence-corrected chi connectivity index (χ3v) is 3.65. The molecule has 7 heteroatoms. The van der Waals surface area contributed by atoms with E-state index in [2.05, 4.69) is 5.32 Å². The van der Waals surface area contributed by atoms with Crippen molar-refractivity contribution in [1.29, 1.82) is 0 Å². The summed E-state index contributed by atoms with van der Waals surface area (Å²) in [5.41, 5.74) is 1.15. The van der Waals surface area contributed by atoms with Crippen LogP contribution in [0.5, 0.6) is 5.75 Å². The Kier molecular flexibility index (Phi) is 6.64. The van der Waals surface area contributed by atoms with E-state index in [-0.39, 0.29) is 31.0 Å². The van der Waals surface area contributed by atoms with Crippen LogP contribution >= 0.6 is 12.4 Å². The van der Waals surface area contributed by atoms with Crippen molar-refractivity contribution in [3.05, 3.63) is 29.8 Å². The topological polar surface area (TPSA) is 78.9 Å². The summed E-state index contributed by atoms with van der Waals surface area (Å²) in [4.78, 5) is 24.1. The van der Waals surface area contributed by atoms with Gasteiger partial charge in [0.25, 0.3) is 0 Å². The quantitative estimate of drug-likeness (QED) is 0.812. The first-order valence-electron chi connectivity index (χ1n) is 6.91. The van der Waals surface area contributed by atoms with Crippen molar-refractivity contribution in [2.45, 2.75) is 25.5 Å². The van der Waals surface area contributed by atoms with Gasteiger partial charge in [0.15, 0.2) is 0 Å². The van der Waals surface area contributed by atoms with E-state index in [0.29, 0.717) is 6.54 Å². The fourth-order valence-electron chi connectivity index (χ4n) is 2.20. The number of halogens is 1. The number of carboxylic acid groups (broad SMARTS) is 1. The van der Waals surface area contributed by atoms with Crippen molar-refractivity contribution in [2.24, 2.45) is 0 Å². The van der Waals surface area contributed by atoms with Crippen molar-refractivity contribution < 1.29 is 19.4 Å². The van der Waals surface area contributed by atoms with E-state index in [1.54, 1.807) is 14.0 Å². The SMILES string of the molecule is CC(C(=O)O)N(C)CC(=O)NCC1Cc2ccccc2O1.Cl. The highest BCUT2D eigenvalue weighted by molar-refractivity contribution is 5.85. The van der Waals surface area contributed by atoms with Crippen LogP contribution in [0.2, 0.25) is 0 Å². The molecule has 2 unspecified atom stereocenters. The number of carbonyl (C=O) groups excluding carboxylic acids is 1. The number of nitrogens with one attached hydrogen (secondary N) is 1. The van der Waals surface area contributed by atoms with Crippen molar-refractivity contribution in [3.8, 4) is 5.75 Å². The predicted molar refractivity (Wildman–Crippen MR) is 84.5 cm³/mol. The van der Waals surface area contributed by atoms with Gasteiger partial charge in [-0.3, -0.25) is 14.5 Å². The molecule has 1 aliphatic rings. The molecule has 0 saturated heterocycles. The molecule has 122 valence electrons. The lowest BCUT2D eigenvalue weighted by molar-refractivity contribution is -0.142. The lowest BCUT2D eigenvalue weighted by atomic mass is 10.1. The molecule has 0 spiro atoms. The first-order chi connectivity index (χ1) is 9.97. The van der Waals surface area contributed by atoms with Crippen molar-refractivity contribution in [3.63, 3.8) is 0 Å². The monoisotopic (exact) mass is 328 g/mol. The van der Waals surface area contributed by atoms with Gasteiger partial charge in [-0.05, 0) is 25.6 Å². The van der Waals surface area contributed by atoms with Gasteiger partial charge in [-0.25, -0.2) is 0 Å². The Bertz CT molecular complexity index is 513. The second-order valence-corrected chi connectivity index (χ2v) is 5.29. The van der Waals surface area contributed by atoms with Crippen LogP contribution in [0, 0.1) is 0 Å². The highest BCUT2D eigenvalue weighted by Crippen LogP contribution is 2.27. The molecular formula is C15H21ClN2O4. The molecule has 1 amide bonds. The molecule has 0 saturated carbocycles. The normalized spacial score (nSPS) is 17.1. The summed E-state index contributed by atoms with van der Waals surface area (Å²) in [6.07, 6.45) is 0.714. The van der Waals surface area contributed by atoms with Gasteiger partial charge in [-0.1, -0.05) is 18.2 Å². The van der Waals surface area contributed by atoms with Crippen molar-refractivity contribution in [1.82, 2.24) is 10.2 Å². The van der Waals surface area contributed by atoms with E-state index in [1.165, 1.54) is 4.90 Å². The molecule has 0 bridgehead atoms. The van der Waals surface area contributed by atoms with Crippen LogP contribution in [0.25, 0.3) is 0 Å². The van der Waals surface area contributed by atoms with Crippen LogP contribution in [0.4, 0.5) is 0 Å². The van der Waals surface area contributed by atoms with E-state index < -0.39 is 12.0 Å². The Hall–Kier alpha value is -1.79. The molecule has 1 heterocycles. The Morgan fingerprint density at radius 2 is 2.14 bits per heavy atom. The van der Waals surface area contributed by atoms with Gasteiger partial charge in [0.1, 0.15) is 17.9 Å². The number of hydrogen-bond acceptors (Lipinski definition) is 4. The maximum absolute atomic E-state index is 11.8. The molecule has 2 N–H and O–H groups in total. The van der Waals surface area contributed by atoms with Gasteiger partial charge < -0.3 is 15.2 Å². The summed E-state index contributed by atoms with van der Waals surface area (Å²) in [5.74, 6) is -0.279. The predicted octanol–water partition coefficient (Wildman–Crippen LogP) is 0.933. The Morgan fingerprint density at radius 1 is 1.45 bits per heavy atom.